The predicted octanol–water partition coefficient (Wildman–Crippen LogP) is 6.73. The zero-order valence-electron chi connectivity index (χ0n) is 16.3. The fourth-order valence-electron chi connectivity index (χ4n) is 3.17. The van der Waals surface area contributed by atoms with Crippen LogP contribution in [-0.4, -0.2) is 5.97 Å². The molecule has 3 aromatic carbocycles. The standard InChI is InChI=1S/C24H26O2S/c1-5-16(2)17-9-11-18(12-10-17)23(25)26-24(3,4)20-13-14-21-19(15-20)7-6-8-22(21)27/h6-16,27H,5H2,1-4H3. The van der Waals surface area contributed by atoms with Crippen LogP contribution < -0.4 is 0 Å². The van der Waals surface area contributed by atoms with Crippen molar-refractivity contribution in [3.8, 4) is 0 Å². The van der Waals surface area contributed by atoms with E-state index in [1.165, 1.54) is 5.56 Å². The van der Waals surface area contributed by atoms with Crippen LogP contribution in [0.3, 0.4) is 0 Å². The molecule has 1 unspecified atom stereocenters. The quantitative estimate of drug-likeness (QED) is 0.393. The summed E-state index contributed by atoms with van der Waals surface area (Å²) in [6.45, 7) is 8.19. The number of carbonyl (C=O) groups excluding carboxylic acids is 1. The number of hydrogen-bond donors (Lipinski definition) is 1. The molecular weight excluding hydrogens is 352 g/mol. The number of rotatable bonds is 5. The van der Waals surface area contributed by atoms with Crippen molar-refractivity contribution in [2.24, 2.45) is 0 Å². The van der Waals surface area contributed by atoms with E-state index in [9.17, 15) is 4.79 Å². The van der Waals surface area contributed by atoms with E-state index in [-0.39, 0.29) is 5.97 Å². The van der Waals surface area contributed by atoms with Gasteiger partial charge in [-0.05, 0) is 72.4 Å². The van der Waals surface area contributed by atoms with Gasteiger partial charge in [-0.3, -0.25) is 0 Å². The van der Waals surface area contributed by atoms with E-state index >= 15 is 0 Å². The maximum Gasteiger partial charge on any atom is 0.338 e. The van der Waals surface area contributed by atoms with Crippen LogP contribution in [0.4, 0.5) is 0 Å². The molecule has 1 atom stereocenters. The molecule has 140 valence electrons. The first-order valence-electron chi connectivity index (χ1n) is 9.37. The Morgan fingerprint density at radius 2 is 1.78 bits per heavy atom. The van der Waals surface area contributed by atoms with Gasteiger partial charge in [0.1, 0.15) is 5.60 Å². The van der Waals surface area contributed by atoms with E-state index in [0.29, 0.717) is 11.5 Å². The lowest BCUT2D eigenvalue weighted by molar-refractivity contribution is -0.00307. The van der Waals surface area contributed by atoms with Crippen LogP contribution in [0.15, 0.2) is 65.6 Å². The maximum absolute atomic E-state index is 12.7. The predicted molar refractivity (Wildman–Crippen MR) is 115 cm³/mol. The van der Waals surface area contributed by atoms with Crippen LogP contribution in [0.1, 0.15) is 61.5 Å². The second-order valence-corrected chi connectivity index (χ2v) is 8.03. The average Bonchev–Trinajstić information content (AvgIpc) is 2.67. The van der Waals surface area contributed by atoms with E-state index in [4.69, 9.17) is 4.74 Å². The highest BCUT2D eigenvalue weighted by atomic mass is 32.1. The topological polar surface area (TPSA) is 26.3 Å². The normalized spacial score (nSPS) is 12.8. The number of thiol groups is 1. The molecule has 0 aromatic heterocycles. The lowest BCUT2D eigenvalue weighted by Crippen LogP contribution is -2.25. The SMILES string of the molecule is CCC(C)c1ccc(C(=O)OC(C)(C)c2ccc3c(S)cccc3c2)cc1. The number of benzene rings is 3. The molecule has 0 aliphatic carbocycles. The molecule has 0 saturated carbocycles. The largest absolute Gasteiger partial charge is 0.451 e. The Bertz CT molecular complexity index is 958. The smallest absolute Gasteiger partial charge is 0.338 e. The fraction of sp³-hybridized carbons (Fsp3) is 0.292. The highest BCUT2D eigenvalue weighted by Crippen LogP contribution is 2.31. The molecule has 0 aliphatic rings. The number of fused-ring (bicyclic) bond motifs is 1. The summed E-state index contributed by atoms with van der Waals surface area (Å²) in [5.41, 5.74) is 2.05. The molecule has 27 heavy (non-hydrogen) atoms. The fourth-order valence-corrected chi connectivity index (χ4v) is 3.46. The molecule has 0 aliphatic heterocycles. The van der Waals surface area contributed by atoms with Crippen molar-refractivity contribution < 1.29 is 9.53 Å². The van der Waals surface area contributed by atoms with Crippen molar-refractivity contribution in [1.29, 1.82) is 0 Å². The van der Waals surface area contributed by atoms with Crippen molar-refractivity contribution in [3.63, 3.8) is 0 Å². The summed E-state index contributed by atoms with van der Waals surface area (Å²) in [5.74, 6) is 0.180. The molecule has 0 saturated heterocycles. The Kier molecular flexibility index (Phi) is 5.61. The van der Waals surface area contributed by atoms with Gasteiger partial charge in [0.25, 0.3) is 0 Å². The molecule has 0 amide bonds. The molecule has 0 radical (unpaired) electrons. The summed E-state index contributed by atoms with van der Waals surface area (Å²) in [5, 5.41) is 2.18. The third kappa shape index (κ3) is 4.19. The minimum Gasteiger partial charge on any atom is -0.451 e. The van der Waals surface area contributed by atoms with Gasteiger partial charge >= 0.3 is 5.97 Å². The summed E-state index contributed by atoms with van der Waals surface area (Å²) in [6.07, 6.45) is 1.08. The summed E-state index contributed by atoms with van der Waals surface area (Å²) in [6, 6.07) is 19.8. The lowest BCUT2D eigenvalue weighted by atomic mass is 9.95. The van der Waals surface area contributed by atoms with Crippen LogP contribution in [0.25, 0.3) is 10.8 Å². The Hall–Kier alpha value is -2.26. The van der Waals surface area contributed by atoms with Crippen molar-refractivity contribution >= 4 is 29.4 Å². The first kappa shape index (κ1) is 19.5. The monoisotopic (exact) mass is 378 g/mol. The molecule has 0 bridgehead atoms. The molecule has 3 rings (SSSR count). The second-order valence-electron chi connectivity index (χ2n) is 7.54. The third-order valence-corrected chi connectivity index (χ3v) is 5.62. The summed E-state index contributed by atoms with van der Waals surface area (Å²) in [4.78, 5) is 13.6. The van der Waals surface area contributed by atoms with Crippen molar-refractivity contribution in [3.05, 3.63) is 77.4 Å². The van der Waals surface area contributed by atoms with Crippen molar-refractivity contribution in [2.45, 2.75) is 50.5 Å². The van der Waals surface area contributed by atoms with Gasteiger partial charge in [-0.15, -0.1) is 12.6 Å². The Labute approximate surface area is 167 Å². The van der Waals surface area contributed by atoms with Gasteiger partial charge in [0, 0.05) is 4.90 Å². The molecule has 0 N–H and O–H groups in total. The van der Waals surface area contributed by atoms with Gasteiger partial charge < -0.3 is 4.74 Å². The van der Waals surface area contributed by atoms with Gasteiger partial charge in [-0.1, -0.05) is 50.2 Å². The van der Waals surface area contributed by atoms with Gasteiger partial charge in [0.15, 0.2) is 0 Å². The highest BCUT2D eigenvalue weighted by Gasteiger charge is 2.26. The second kappa shape index (κ2) is 7.77. The summed E-state index contributed by atoms with van der Waals surface area (Å²) in [7, 11) is 0. The van der Waals surface area contributed by atoms with Gasteiger partial charge in [0.05, 0.1) is 5.56 Å². The molecule has 0 fully saturated rings. The molecule has 3 aromatic rings. The summed E-state index contributed by atoms with van der Waals surface area (Å²) < 4.78 is 5.86. The number of carbonyl (C=O) groups is 1. The van der Waals surface area contributed by atoms with Gasteiger partial charge in [-0.25, -0.2) is 4.79 Å². The van der Waals surface area contributed by atoms with Gasteiger partial charge in [0.2, 0.25) is 0 Å². The zero-order chi connectivity index (χ0) is 19.6. The van der Waals surface area contributed by atoms with E-state index in [1.54, 1.807) is 0 Å². The minimum atomic E-state index is -0.729. The Morgan fingerprint density at radius 3 is 2.44 bits per heavy atom. The Morgan fingerprint density at radius 1 is 1.07 bits per heavy atom. The lowest BCUT2D eigenvalue weighted by Gasteiger charge is -2.26. The molecule has 2 nitrogen and oxygen atoms in total. The molecule has 0 heterocycles. The van der Waals surface area contributed by atoms with Crippen molar-refractivity contribution in [1.82, 2.24) is 0 Å². The molecule has 0 spiro atoms. The number of ether oxygens (including phenoxy) is 1. The summed E-state index contributed by atoms with van der Waals surface area (Å²) >= 11 is 4.50. The van der Waals surface area contributed by atoms with Crippen LogP contribution in [-0.2, 0) is 10.3 Å². The average molecular weight is 379 g/mol. The van der Waals surface area contributed by atoms with E-state index < -0.39 is 5.60 Å². The zero-order valence-corrected chi connectivity index (χ0v) is 17.2. The Balaban J connectivity index is 1.82. The highest BCUT2D eigenvalue weighted by molar-refractivity contribution is 7.80. The van der Waals surface area contributed by atoms with Crippen LogP contribution in [0.2, 0.25) is 0 Å². The third-order valence-electron chi connectivity index (χ3n) is 5.23. The van der Waals surface area contributed by atoms with E-state index in [2.05, 4.69) is 32.5 Å². The maximum atomic E-state index is 12.7. The molecular formula is C24H26O2S. The first-order chi connectivity index (χ1) is 12.8. The number of esters is 1. The van der Waals surface area contributed by atoms with E-state index in [0.717, 1.165) is 27.7 Å². The van der Waals surface area contributed by atoms with E-state index in [1.807, 2.05) is 68.4 Å². The minimum absolute atomic E-state index is 0.307. The van der Waals surface area contributed by atoms with Crippen LogP contribution >= 0.6 is 12.6 Å². The van der Waals surface area contributed by atoms with Gasteiger partial charge in [-0.2, -0.15) is 0 Å². The van der Waals surface area contributed by atoms with Crippen LogP contribution in [0.5, 0.6) is 0 Å². The first-order valence-corrected chi connectivity index (χ1v) is 9.82. The van der Waals surface area contributed by atoms with Crippen molar-refractivity contribution in [2.75, 3.05) is 0 Å². The number of hydrogen-bond acceptors (Lipinski definition) is 3. The molecule has 3 heteroatoms. The van der Waals surface area contributed by atoms with Crippen LogP contribution in [0, 0.1) is 0 Å².